The lowest BCUT2D eigenvalue weighted by Crippen LogP contribution is -2.19. The van der Waals surface area contributed by atoms with Crippen LogP contribution in [0.2, 0.25) is 0 Å². The van der Waals surface area contributed by atoms with E-state index in [0.717, 1.165) is 22.6 Å². The molecule has 0 aromatic heterocycles. The molecule has 16 heavy (non-hydrogen) atoms. The molecular weight excluding hydrogens is 206 g/mol. The van der Waals surface area contributed by atoms with Gasteiger partial charge in [0.15, 0.2) is 11.5 Å². The number of aliphatic hydroxyl groups excluding tert-OH is 1. The molecule has 88 valence electrons. The maximum absolute atomic E-state index is 9.94. The Morgan fingerprint density at radius 1 is 1.31 bits per heavy atom. The van der Waals surface area contributed by atoms with Crippen LogP contribution in [0.15, 0.2) is 12.1 Å². The van der Waals surface area contributed by atoms with Crippen molar-refractivity contribution in [3.8, 4) is 11.5 Å². The summed E-state index contributed by atoms with van der Waals surface area (Å²) in [7, 11) is 1.82. The van der Waals surface area contributed by atoms with Crippen molar-refractivity contribution < 1.29 is 14.6 Å². The van der Waals surface area contributed by atoms with Gasteiger partial charge in [-0.3, -0.25) is 0 Å². The Bertz CT molecular complexity index is 379. The smallest absolute Gasteiger partial charge is 0.161 e. The molecule has 1 aromatic rings. The van der Waals surface area contributed by atoms with Gasteiger partial charge >= 0.3 is 0 Å². The van der Waals surface area contributed by atoms with Crippen molar-refractivity contribution in [3.05, 3.63) is 23.3 Å². The number of aryl methyl sites for hydroxylation is 1. The van der Waals surface area contributed by atoms with E-state index in [1.54, 1.807) is 0 Å². The Hall–Kier alpha value is -1.26. The van der Waals surface area contributed by atoms with Gasteiger partial charge < -0.3 is 19.9 Å². The molecule has 1 heterocycles. The fourth-order valence-electron chi connectivity index (χ4n) is 1.87. The summed E-state index contributed by atoms with van der Waals surface area (Å²) in [4.78, 5) is 0. The molecule has 1 aliphatic heterocycles. The number of hydrogen-bond acceptors (Lipinski definition) is 4. The summed E-state index contributed by atoms with van der Waals surface area (Å²) in [5.41, 5.74) is 1.91. The monoisotopic (exact) mass is 223 g/mol. The largest absolute Gasteiger partial charge is 0.486 e. The highest BCUT2D eigenvalue weighted by atomic mass is 16.6. The van der Waals surface area contributed by atoms with E-state index in [4.69, 9.17) is 9.47 Å². The average molecular weight is 223 g/mol. The lowest BCUT2D eigenvalue weighted by atomic mass is 10.0. The standard InChI is InChI=1S/C12H17NO3/c1-8-5-11-12(16-4-3-15-11)6-9(8)10(14)7-13-2/h5-6,10,13-14H,3-4,7H2,1-2H3. The number of aliphatic hydroxyl groups is 1. The number of rotatable bonds is 3. The molecule has 1 unspecified atom stereocenters. The second-order valence-electron chi connectivity index (χ2n) is 3.93. The van der Waals surface area contributed by atoms with Gasteiger partial charge in [-0.15, -0.1) is 0 Å². The van der Waals surface area contributed by atoms with Gasteiger partial charge in [0.2, 0.25) is 0 Å². The number of benzene rings is 1. The van der Waals surface area contributed by atoms with E-state index in [1.807, 2.05) is 26.1 Å². The van der Waals surface area contributed by atoms with E-state index >= 15 is 0 Å². The maximum Gasteiger partial charge on any atom is 0.161 e. The van der Waals surface area contributed by atoms with Gasteiger partial charge in [-0.25, -0.2) is 0 Å². The molecule has 0 amide bonds. The summed E-state index contributed by atoms with van der Waals surface area (Å²) in [6.07, 6.45) is -0.513. The molecule has 4 heteroatoms. The van der Waals surface area contributed by atoms with Crippen LogP contribution in [0.25, 0.3) is 0 Å². The molecule has 1 aromatic carbocycles. The van der Waals surface area contributed by atoms with E-state index < -0.39 is 6.10 Å². The predicted octanol–water partition coefficient (Wildman–Crippen LogP) is 1.02. The van der Waals surface area contributed by atoms with Gasteiger partial charge in [0.25, 0.3) is 0 Å². The Morgan fingerprint density at radius 3 is 2.56 bits per heavy atom. The van der Waals surface area contributed by atoms with Gasteiger partial charge in [0.1, 0.15) is 13.2 Å². The summed E-state index contributed by atoms with van der Waals surface area (Å²) in [5, 5.41) is 12.9. The van der Waals surface area contributed by atoms with Gasteiger partial charge in [-0.05, 0) is 37.2 Å². The Labute approximate surface area is 95.2 Å². The first-order valence-electron chi connectivity index (χ1n) is 5.45. The topological polar surface area (TPSA) is 50.7 Å². The molecule has 0 saturated heterocycles. The molecule has 0 saturated carbocycles. The Balaban J connectivity index is 2.31. The first kappa shape index (κ1) is 11.2. The SMILES string of the molecule is CNCC(O)c1cc2c(cc1C)OCCO2. The highest BCUT2D eigenvalue weighted by molar-refractivity contribution is 5.48. The number of likely N-dealkylation sites (N-methyl/N-ethyl adjacent to an activating group) is 1. The third-order valence-electron chi connectivity index (χ3n) is 2.69. The van der Waals surface area contributed by atoms with Gasteiger partial charge in [0, 0.05) is 6.54 Å². The number of hydrogen-bond donors (Lipinski definition) is 2. The molecule has 2 N–H and O–H groups in total. The summed E-state index contributed by atoms with van der Waals surface area (Å²) >= 11 is 0. The van der Waals surface area contributed by atoms with Gasteiger partial charge in [-0.1, -0.05) is 0 Å². The van der Waals surface area contributed by atoms with Crippen LogP contribution in [0.3, 0.4) is 0 Å². The summed E-state index contributed by atoms with van der Waals surface area (Å²) in [6.45, 7) is 3.65. The quantitative estimate of drug-likeness (QED) is 0.803. The zero-order valence-electron chi connectivity index (χ0n) is 9.62. The van der Waals surface area contributed by atoms with Crippen molar-refractivity contribution in [2.45, 2.75) is 13.0 Å². The minimum absolute atomic E-state index is 0.513. The molecule has 0 spiro atoms. The van der Waals surface area contributed by atoms with Crippen molar-refractivity contribution in [2.75, 3.05) is 26.8 Å². The molecule has 0 aliphatic carbocycles. The molecule has 2 rings (SSSR count). The second-order valence-corrected chi connectivity index (χ2v) is 3.93. The molecule has 0 bridgehead atoms. The van der Waals surface area contributed by atoms with E-state index in [1.165, 1.54) is 0 Å². The van der Waals surface area contributed by atoms with Crippen molar-refractivity contribution in [2.24, 2.45) is 0 Å². The minimum Gasteiger partial charge on any atom is -0.486 e. The van der Waals surface area contributed by atoms with Crippen LogP contribution in [-0.4, -0.2) is 31.9 Å². The van der Waals surface area contributed by atoms with Crippen LogP contribution >= 0.6 is 0 Å². The first-order valence-corrected chi connectivity index (χ1v) is 5.45. The second kappa shape index (κ2) is 4.72. The molecule has 0 fully saturated rings. The predicted molar refractivity (Wildman–Crippen MR) is 61.1 cm³/mol. The van der Waals surface area contributed by atoms with Crippen LogP contribution in [0.4, 0.5) is 0 Å². The third kappa shape index (κ3) is 2.13. The number of ether oxygens (including phenoxy) is 2. The van der Waals surface area contributed by atoms with Gasteiger partial charge in [-0.2, -0.15) is 0 Å². The van der Waals surface area contributed by atoms with Crippen LogP contribution in [0, 0.1) is 6.92 Å². The molecule has 1 atom stereocenters. The first-order chi connectivity index (χ1) is 7.72. The summed E-state index contributed by atoms with van der Waals surface area (Å²) in [6, 6.07) is 3.79. The van der Waals surface area contributed by atoms with E-state index in [-0.39, 0.29) is 0 Å². The van der Waals surface area contributed by atoms with Crippen molar-refractivity contribution in [3.63, 3.8) is 0 Å². The fraction of sp³-hybridized carbons (Fsp3) is 0.500. The maximum atomic E-state index is 9.94. The average Bonchev–Trinajstić information content (AvgIpc) is 2.28. The molecule has 1 aliphatic rings. The zero-order valence-corrected chi connectivity index (χ0v) is 9.62. The van der Waals surface area contributed by atoms with E-state index in [0.29, 0.717) is 19.8 Å². The van der Waals surface area contributed by atoms with E-state index in [9.17, 15) is 5.11 Å². The van der Waals surface area contributed by atoms with Crippen molar-refractivity contribution in [1.29, 1.82) is 0 Å². The normalized spacial score (nSPS) is 15.9. The van der Waals surface area contributed by atoms with Crippen LogP contribution in [-0.2, 0) is 0 Å². The number of nitrogens with one attached hydrogen (secondary N) is 1. The lowest BCUT2D eigenvalue weighted by molar-refractivity contribution is 0.163. The van der Waals surface area contributed by atoms with Gasteiger partial charge in [0.05, 0.1) is 6.10 Å². The molecule has 0 radical (unpaired) electrons. The van der Waals surface area contributed by atoms with Crippen molar-refractivity contribution in [1.82, 2.24) is 5.32 Å². The van der Waals surface area contributed by atoms with Crippen LogP contribution in [0.5, 0.6) is 11.5 Å². The van der Waals surface area contributed by atoms with Crippen molar-refractivity contribution >= 4 is 0 Å². The minimum atomic E-state index is -0.513. The summed E-state index contributed by atoms with van der Waals surface area (Å²) < 4.78 is 11.0. The number of fused-ring (bicyclic) bond motifs is 1. The fourth-order valence-corrected chi connectivity index (χ4v) is 1.87. The highest BCUT2D eigenvalue weighted by Crippen LogP contribution is 2.34. The highest BCUT2D eigenvalue weighted by Gasteiger charge is 2.17. The van der Waals surface area contributed by atoms with Crippen LogP contribution in [0.1, 0.15) is 17.2 Å². The summed E-state index contributed by atoms with van der Waals surface area (Å²) in [5.74, 6) is 1.49. The Kier molecular flexibility index (Phi) is 3.31. The molecule has 4 nitrogen and oxygen atoms in total. The molecular formula is C12H17NO3. The lowest BCUT2D eigenvalue weighted by Gasteiger charge is -2.22. The zero-order chi connectivity index (χ0) is 11.5. The Morgan fingerprint density at radius 2 is 1.94 bits per heavy atom. The van der Waals surface area contributed by atoms with Crippen LogP contribution < -0.4 is 14.8 Å². The third-order valence-corrected chi connectivity index (χ3v) is 2.69. The van der Waals surface area contributed by atoms with E-state index in [2.05, 4.69) is 5.32 Å².